The summed E-state index contributed by atoms with van der Waals surface area (Å²) in [4.78, 5) is 17.3. The van der Waals surface area contributed by atoms with E-state index >= 15 is 0 Å². The fraction of sp³-hybridized carbons (Fsp3) is 0.538. The van der Waals surface area contributed by atoms with Gasteiger partial charge in [-0.2, -0.15) is 0 Å². The lowest BCUT2D eigenvalue weighted by Crippen LogP contribution is -2.32. The van der Waals surface area contributed by atoms with Crippen molar-refractivity contribution < 1.29 is 4.79 Å². The molecule has 1 aliphatic heterocycles. The van der Waals surface area contributed by atoms with Crippen molar-refractivity contribution in [3.8, 4) is 0 Å². The lowest BCUT2D eigenvalue weighted by Gasteiger charge is -2.33. The number of amides is 1. The smallest absolute Gasteiger partial charge is 0.210 e. The summed E-state index contributed by atoms with van der Waals surface area (Å²) in [5, 5.41) is 3.03. The molecule has 1 atom stereocenters. The minimum Gasteiger partial charge on any atom is -0.373 e. The highest BCUT2D eigenvalue weighted by atomic mass is 16.1. The molecule has 4 nitrogen and oxygen atoms in total. The summed E-state index contributed by atoms with van der Waals surface area (Å²) in [5.74, 6) is 0.875. The van der Waals surface area contributed by atoms with Crippen molar-refractivity contribution in [2.75, 3.05) is 18.9 Å². The van der Waals surface area contributed by atoms with Crippen LogP contribution in [0.25, 0.3) is 0 Å². The lowest BCUT2D eigenvalue weighted by molar-refractivity contribution is -0.121. The SMILES string of the molecule is CNc1cc(C)c([C@H]2CCCCN2C=O)cn1. The first-order valence-corrected chi connectivity index (χ1v) is 6.11. The molecule has 0 radical (unpaired) electrons. The number of nitrogens with one attached hydrogen (secondary N) is 1. The summed E-state index contributed by atoms with van der Waals surface area (Å²) in [6.45, 7) is 2.94. The molecule has 4 heteroatoms. The van der Waals surface area contributed by atoms with Crippen LogP contribution in [0.5, 0.6) is 0 Å². The zero-order valence-corrected chi connectivity index (χ0v) is 10.4. The Hall–Kier alpha value is -1.58. The maximum atomic E-state index is 11.1. The minimum atomic E-state index is 0.208. The monoisotopic (exact) mass is 233 g/mol. The molecule has 0 aliphatic carbocycles. The highest BCUT2D eigenvalue weighted by Gasteiger charge is 2.24. The van der Waals surface area contributed by atoms with Crippen LogP contribution in [0.2, 0.25) is 0 Å². The molecule has 1 aliphatic rings. The molecule has 92 valence electrons. The number of hydrogen-bond acceptors (Lipinski definition) is 3. The lowest BCUT2D eigenvalue weighted by atomic mass is 9.94. The second kappa shape index (κ2) is 5.17. The van der Waals surface area contributed by atoms with Gasteiger partial charge in [0.2, 0.25) is 6.41 Å². The van der Waals surface area contributed by atoms with Crippen LogP contribution in [-0.2, 0) is 4.79 Å². The van der Waals surface area contributed by atoms with E-state index in [-0.39, 0.29) is 6.04 Å². The highest BCUT2D eigenvalue weighted by Crippen LogP contribution is 2.31. The number of pyridine rings is 1. The molecule has 2 heterocycles. The standard InChI is InChI=1S/C13H19N3O/c1-10-7-13(14-2)15-8-11(10)12-5-3-4-6-16(12)9-17/h7-9,12H,3-6H2,1-2H3,(H,14,15)/t12-/m1/s1. The van der Waals surface area contributed by atoms with Crippen molar-refractivity contribution in [2.45, 2.75) is 32.2 Å². The first kappa shape index (κ1) is 11.9. The van der Waals surface area contributed by atoms with E-state index in [9.17, 15) is 4.79 Å². The number of rotatable bonds is 3. The zero-order chi connectivity index (χ0) is 12.3. The highest BCUT2D eigenvalue weighted by molar-refractivity contribution is 5.50. The second-order valence-corrected chi connectivity index (χ2v) is 4.53. The Kier molecular flexibility index (Phi) is 3.61. The number of carbonyl (C=O) groups excluding carboxylic acids is 1. The summed E-state index contributed by atoms with van der Waals surface area (Å²) < 4.78 is 0. The number of likely N-dealkylation sites (tertiary alicyclic amines) is 1. The molecular formula is C13H19N3O. The van der Waals surface area contributed by atoms with Gasteiger partial charge in [0.15, 0.2) is 0 Å². The van der Waals surface area contributed by atoms with Crippen LogP contribution < -0.4 is 5.32 Å². The van der Waals surface area contributed by atoms with Crippen molar-refractivity contribution in [1.29, 1.82) is 0 Å². The fourth-order valence-corrected chi connectivity index (χ4v) is 2.47. The Bertz CT molecular complexity index is 406. The summed E-state index contributed by atoms with van der Waals surface area (Å²) in [6, 6.07) is 2.24. The summed E-state index contributed by atoms with van der Waals surface area (Å²) in [7, 11) is 1.86. The Morgan fingerprint density at radius 3 is 3.00 bits per heavy atom. The number of aromatic nitrogens is 1. The van der Waals surface area contributed by atoms with E-state index in [1.54, 1.807) is 0 Å². The number of anilines is 1. The molecule has 0 aromatic carbocycles. The van der Waals surface area contributed by atoms with E-state index in [4.69, 9.17) is 0 Å². The molecule has 1 aromatic rings. The molecule has 0 saturated carbocycles. The third kappa shape index (κ3) is 2.40. The maximum Gasteiger partial charge on any atom is 0.210 e. The quantitative estimate of drug-likeness (QED) is 0.813. The number of carbonyl (C=O) groups is 1. The Balaban J connectivity index is 2.28. The van der Waals surface area contributed by atoms with Crippen molar-refractivity contribution in [2.24, 2.45) is 0 Å². The van der Waals surface area contributed by atoms with Gasteiger partial charge in [-0.15, -0.1) is 0 Å². The third-order valence-corrected chi connectivity index (χ3v) is 3.45. The number of piperidine rings is 1. The van der Waals surface area contributed by atoms with Crippen LogP contribution in [0.4, 0.5) is 5.82 Å². The van der Waals surface area contributed by atoms with Crippen LogP contribution in [0, 0.1) is 6.92 Å². The average Bonchev–Trinajstić information content (AvgIpc) is 2.38. The molecular weight excluding hydrogens is 214 g/mol. The number of hydrogen-bond donors (Lipinski definition) is 1. The van der Waals surface area contributed by atoms with E-state index in [1.165, 1.54) is 17.5 Å². The topological polar surface area (TPSA) is 45.2 Å². The molecule has 17 heavy (non-hydrogen) atoms. The van der Waals surface area contributed by atoms with Gasteiger partial charge in [-0.05, 0) is 43.4 Å². The van der Waals surface area contributed by atoms with Gasteiger partial charge in [0, 0.05) is 19.8 Å². The van der Waals surface area contributed by atoms with Gasteiger partial charge < -0.3 is 10.2 Å². The normalized spacial score (nSPS) is 20.1. The van der Waals surface area contributed by atoms with Crippen molar-refractivity contribution in [1.82, 2.24) is 9.88 Å². The first-order chi connectivity index (χ1) is 8.26. The molecule has 1 amide bonds. The summed E-state index contributed by atoms with van der Waals surface area (Å²) >= 11 is 0. The molecule has 1 aromatic heterocycles. The molecule has 0 spiro atoms. The van der Waals surface area contributed by atoms with Crippen molar-refractivity contribution >= 4 is 12.2 Å². The Morgan fingerprint density at radius 1 is 1.53 bits per heavy atom. The molecule has 1 saturated heterocycles. The van der Waals surface area contributed by atoms with Crippen molar-refractivity contribution in [3.63, 3.8) is 0 Å². The van der Waals surface area contributed by atoms with Gasteiger partial charge in [-0.3, -0.25) is 4.79 Å². The van der Waals surface area contributed by atoms with Gasteiger partial charge in [0.25, 0.3) is 0 Å². The van der Waals surface area contributed by atoms with E-state index in [1.807, 2.05) is 24.2 Å². The Morgan fingerprint density at radius 2 is 2.35 bits per heavy atom. The van der Waals surface area contributed by atoms with E-state index in [2.05, 4.69) is 17.2 Å². The first-order valence-electron chi connectivity index (χ1n) is 6.11. The van der Waals surface area contributed by atoms with Gasteiger partial charge in [-0.1, -0.05) is 0 Å². The summed E-state index contributed by atoms with van der Waals surface area (Å²) in [5.41, 5.74) is 2.37. The van der Waals surface area contributed by atoms with Gasteiger partial charge >= 0.3 is 0 Å². The molecule has 1 fully saturated rings. The van der Waals surface area contributed by atoms with E-state index in [0.717, 1.165) is 31.6 Å². The Labute approximate surface area is 102 Å². The minimum absolute atomic E-state index is 0.208. The number of aryl methyl sites for hydroxylation is 1. The van der Waals surface area contributed by atoms with E-state index in [0.29, 0.717) is 0 Å². The van der Waals surface area contributed by atoms with Crippen LogP contribution in [0.1, 0.15) is 36.4 Å². The van der Waals surface area contributed by atoms with Gasteiger partial charge in [-0.25, -0.2) is 4.98 Å². The van der Waals surface area contributed by atoms with Gasteiger partial charge in [0.05, 0.1) is 6.04 Å². The zero-order valence-electron chi connectivity index (χ0n) is 10.4. The largest absolute Gasteiger partial charge is 0.373 e. The van der Waals surface area contributed by atoms with Crippen LogP contribution in [0.15, 0.2) is 12.3 Å². The van der Waals surface area contributed by atoms with Crippen LogP contribution in [-0.4, -0.2) is 29.9 Å². The van der Waals surface area contributed by atoms with E-state index < -0.39 is 0 Å². The molecule has 1 N–H and O–H groups in total. The van der Waals surface area contributed by atoms with Crippen LogP contribution >= 0.6 is 0 Å². The van der Waals surface area contributed by atoms with Gasteiger partial charge in [0.1, 0.15) is 5.82 Å². The predicted octanol–water partition coefficient (Wildman–Crippen LogP) is 2.12. The second-order valence-electron chi connectivity index (χ2n) is 4.53. The molecule has 0 unspecified atom stereocenters. The summed E-state index contributed by atoms with van der Waals surface area (Å²) in [6.07, 6.45) is 6.20. The number of nitrogens with zero attached hydrogens (tertiary/aromatic N) is 2. The van der Waals surface area contributed by atoms with Crippen LogP contribution in [0.3, 0.4) is 0 Å². The fourth-order valence-electron chi connectivity index (χ4n) is 2.47. The van der Waals surface area contributed by atoms with Crippen molar-refractivity contribution in [3.05, 3.63) is 23.4 Å². The predicted molar refractivity (Wildman–Crippen MR) is 67.9 cm³/mol. The molecule has 0 bridgehead atoms. The maximum absolute atomic E-state index is 11.1. The third-order valence-electron chi connectivity index (χ3n) is 3.45. The average molecular weight is 233 g/mol. The molecule has 2 rings (SSSR count).